The Hall–Kier alpha value is -0.610. The minimum absolute atomic E-state index is 0.0249. The molecule has 1 N–H and O–H groups in total. The maximum Gasteiger partial charge on any atom is 0.310 e. The number of methoxy groups -OCH3 is 1. The molecule has 0 aliphatic carbocycles. The number of ether oxygens (including phenoxy) is 2. The van der Waals surface area contributed by atoms with Crippen molar-refractivity contribution in [1.82, 2.24) is 5.32 Å². The average molecular weight is 185 g/mol. The van der Waals surface area contributed by atoms with Crippen LogP contribution in [0.25, 0.3) is 0 Å². The molecule has 2 heterocycles. The van der Waals surface area contributed by atoms with E-state index in [1.54, 1.807) is 0 Å². The van der Waals surface area contributed by atoms with E-state index in [1.165, 1.54) is 7.11 Å². The number of hydrogen-bond donors (Lipinski definition) is 1. The van der Waals surface area contributed by atoms with Crippen molar-refractivity contribution in [2.45, 2.75) is 25.0 Å². The third-order valence-corrected chi connectivity index (χ3v) is 2.88. The lowest BCUT2D eigenvalue weighted by atomic mass is 10.0. The lowest BCUT2D eigenvalue weighted by Gasteiger charge is -2.22. The minimum atomic E-state index is -0.209. The quantitative estimate of drug-likeness (QED) is 0.596. The van der Waals surface area contributed by atoms with Gasteiger partial charge in [-0.15, -0.1) is 0 Å². The molecule has 0 aromatic carbocycles. The van der Waals surface area contributed by atoms with E-state index in [0.29, 0.717) is 6.54 Å². The zero-order valence-corrected chi connectivity index (χ0v) is 7.84. The molecule has 4 nitrogen and oxygen atoms in total. The van der Waals surface area contributed by atoms with E-state index in [4.69, 9.17) is 9.47 Å². The van der Waals surface area contributed by atoms with Crippen molar-refractivity contribution >= 4 is 5.97 Å². The summed E-state index contributed by atoms with van der Waals surface area (Å²) < 4.78 is 10.3. The molecule has 13 heavy (non-hydrogen) atoms. The van der Waals surface area contributed by atoms with E-state index >= 15 is 0 Å². The Morgan fingerprint density at radius 2 is 2.54 bits per heavy atom. The Bertz CT molecular complexity index is 211. The molecule has 0 bridgehead atoms. The van der Waals surface area contributed by atoms with Crippen LogP contribution in [0.2, 0.25) is 0 Å². The molecule has 0 aromatic rings. The second-order valence-electron chi connectivity index (χ2n) is 3.75. The maximum atomic E-state index is 11.2. The van der Waals surface area contributed by atoms with Crippen LogP contribution in [0.3, 0.4) is 0 Å². The van der Waals surface area contributed by atoms with Crippen LogP contribution in [0.1, 0.15) is 19.3 Å². The Morgan fingerprint density at radius 1 is 1.69 bits per heavy atom. The summed E-state index contributed by atoms with van der Waals surface area (Å²) in [6.45, 7) is 1.49. The van der Waals surface area contributed by atoms with E-state index in [1.807, 2.05) is 0 Å². The topological polar surface area (TPSA) is 47.6 Å². The average Bonchev–Trinajstić information content (AvgIpc) is 2.76. The third kappa shape index (κ3) is 1.56. The molecule has 2 saturated heterocycles. The van der Waals surface area contributed by atoms with Crippen LogP contribution in [0.5, 0.6) is 0 Å². The van der Waals surface area contributed by atoms with Gasteiger partial charge >= 0.3 is 5.97 Å². The molecule has 0 amide bonds. The number of carbonyl (C=O) groups excluding carboxylic acids is 1. The molecular weight excluding hydrogens is 170 g/mol. The van der Waals surface area contributed by atoms with Crippen LogP contribution in [0, 0.1) is 5.92 Å². The second-order valence-corrected chi connectivity index (χ2v) is 3.75. The van der Waals surface area contributed by atoms with Gasteiger partial charge in [-0.2, -0.15) is 0 Å². The molecule has 2 unspecified atom stereocenters. The standard InChI is InChI=1S/C9H15NO3/c1-12-8(11)7-5-9(10-6-7)3-2-4-13-9/h7,10H,2-6H2,1H3. The summed E-state index contributed by atoms with van der Waals surface area (Å²) in [6.07, 6.45) is 2.86. The smallest absolute Gasteiger partial charge is 0.310 e. The Labute approximate surface area is 77.6 Å². The van der Waals surface area contributed by atoms with Crippen LogP contribution < -0.4 is 5.32 Å². The van der Waals surface area contributed by atoms with Crippen molar-refractivity contribution in [3.8, 4) is 0 Å². The molecule has 1 spiro atoms. The van der Waals surface area contributed by atoms with Crippen LogP contribution >= 0.6 is 0 Å². The van der Waals surface area contributed by atoms with E-state index in [2.05, 4.69) is 5.32 Å². The predicted octanol–water partition coefficient (Wildman–Crippen LogP) is 0.276. The molecule has 2 aliphatic heterocycles. The maximum absolute atomic E-state index is 11.2. The van der Waals surface area contributed by atoms with Gasteiger partial charge in [-0.1, -0.05) is 0 Å². The summed E-state index contributed by atoms with van der Waals surface area (Å²) >= 11 is 0. The lowest BCUT2D eigenvalue weighted by molar-refractivity contribution is -0.145. The fourth-order valence-corrected chi connectivity index (χ4v) is 2.18. The molecule has 0 radical (unpaired) electrons. The highest BCUT2D eigenvalue weighted by molar-refractivity contribution is 5.73. The van der Waals surface area contributed by atoms with Crippen molar-refractivity contribution in [3.63, 3.8) is 0 Å². The summed E-state index contributed by atoms with van der Waals surface area (Å²) in [6, 6.07) is 0. The van der Waals surface area contributed by atoms with Gasteiger partial charge in [-0.25, -0.2) is 0 Å². The molecular formula is C9H15NO3. The zero-order valence-electron chi connectivity index (χ0n) is 7.84. The molecule has 0 saturated carbocycles. The van der Waals surface area contributed by atoms with E-state index < -0.39 is 0 Å². The van der Waals surface area contributed by atoms with Gasteiger partial charge in [0, 0.05) is 19.6 Å². The van der Waals surface area contributed by atoms with Crippen LogP contribution in [-0.4, -0.2) is 32.0 Å². The van der Waals surface area contributed by atoms with Crippen molar-refractivity contribution in [2.24, 2.45) is 5.92 Å². The Morgan fingerprint density at radius 3 is 3.15 bits per heavy atom. The van der Waals surface area contributed by atoms with Crippen LogP contribution in [0.15, 0.2) is 0 Å². The molecule has 74 valence electrons. The Balaban J connectivity index is 1.96. The van der Waals surface area contributed by atoms with Gasteiger partial charge in [0.05, 0.1) is 13.0 Å². The molecule has 2 aliphatic rings. The largest absolute Gasteiger partial charge is 0.469 e. The third-order valence-electron chi connectivity index (χ3n) is 2.88. The van der Waals surface area contributed by atoms with Gasteiger partial charge in [0.15, 0.2) is 0 Å². The summed E-state index contributed by atoms with van der Waals surface area (Å²) in [5.74, 6) is -0.150. The summed E-state index contributed by atoms with van der Waals surface area (Å²) in [7, 11) is 1.43. The fraction of sp³-hybridized carbons (Fsp3) is 0.889. The number of hydrogen-bond acceptors (Lipinski definition) is 4. The molecule has 4 heteroatoms. The number of esters is 1. The molecule has 2 rings (SSSR count). The zero-order chi connectivity index (χ0) is 9.31. The van der Waals surface area contributed by atoms with Crippen LogP contribution in [0.4, 0.5) is 0 Å². The number of rotatable bonds is 1. The lowest BCUT2D eigenvalue weighted by Crippen LogP contribution is -2.38. The molecule has 2 atom stereocenters. The van der Waals surface area contributed by atoms with Gasteiger partial charge in [0.25, 0.3) is 0 Å². The number of carbonyl (C=O) groups is 1. The van der Waals surface area contributed by atoms with Crippen LogP contribution in [-0.2, 0) is 14.3 Å². The van der Waals surface area contributed by atoms with Gasteiger partial charge < -0.3 is 9.47 Å². The summed E-state index contributed by atoms with van der Waals surface area (Å²) in [5, 5.41) is 3.27. The molecule has 0 aromatic heterocycles. The predicted molar refractivity (Wildman–Crippen MR) is 46.0 cm³/mol. The first-order valence-corrected chi connectivity index (χ1v) is 4.73. The number of nitrogens with one attached hydrogen (secondary N) is 1. The highest BCUT2D eigenvalue weighted by Crippen LogP contribution is 2.34. The van der Waals surface area contributed by atoms with E-state index in [9.17, 15) is 4.79 Å². The van der Waals surface area contributed by atoms with Crippen molar-refractivity contribution in [1.29, 1.82) is 0 Å². The van der Waals surface area contributed by atoms with Crippen molar-refractivity contribution < 1.29 is 14.3 Å². The highest BCUT2D eigenvalue weighted by atomic mass is 16.5. The van der Waals surface area contributed by atoms with E-state index in [-0.39, 0.29) is 17.6 Å². The van der Waals surface area contributed by atoms with Gasteiger partial charge in [0.1, 0.15) is 5.72 Å². The first-order valence-electron chi connectivity index (χ1n) is 4.73. The first kappa shape index (κ1) is 8.97. The van der Waals surface area contributed by atoms with Gasteiger partial charge in [-0.05, 0) is 12.8 Å². The second kappa shape index (κ2) is 3.27. The SMILES string of the molecule is COC(=O)C1CNC2(CCCO2)C1. The minimum Gasteiger partial charge on any atom is -0.469 e. The van der Waals surface area contributed by atoms with Crippen molar-refractivity contribution in [2.75, 3.05) is 20.3 Å². The normalized spacial score (nSPS) is 38.4. The van der Waals surface area contributed by atoms with Crippen molar-refractivity contribution in [3.05, 3.63) is 0 Å². The highest BCUT2D eigenvalue weighted by Gasteiger charge is 2.44. The fourth-order valence-electron chi connectivity index (χ4n) is 2.18. The Kier molecular flexibility index (Phi) is 2.26. The van der Waals surface area contributed by atoms with Gasteiger partial charge in [0.2, 0.25) is 0 Å². The first-order chi connectivity index (χ1) is 6.26. The monoisotopic (exact) mass is 185 g/mol. The summed E-state index contributed by atoms with van der Waals surface area (Å²) in [4.78, 5) is 11.2. The summed E-state index contributed by atoms with van der Waals surface area (Å²) in [5.41, 5.74) is -0.209. The molecule has 2 fully saturated rings. The van der Waals surface area contributed by atoms with Gasteiger partial charge in [-0.3, -0.25) is 10.1 Å². The van der Waals surface area contributed by atoms with E-state index in [0.717, 1.165) is 25.9 Å².